The van der Waals surface area contributed by atoms with Crippen LogP contribution in [0.3, 0.4) is 0 Å². The van der Waals surface area contributed by atoms with Gasteiger partial charge >= 0.3 is 0 Å². The van der Waals surface area contributed by atoms with Gasteiger partial charge in [-0.3, -0.25) is 0 Å². The third kappa shape index (κ3) is 4.42. The van der Waals surface area contributed by atoms with E-state index < -0.39 is 0 Å². The highest BCUT2D eigenvalue weighted by Gasteiger charge is 2.31. The largest absolute Gasteiger partial charge is 0.393 e. The highest BCUT2D eigenvalue weighted by atomic mass is 16.3. The highest BCUT2D eigenvalue weighted by Crippen LogP contribution is 2.38. The van der Waals surface area contributed by atoms with Crippen LogP contribution in [0.1, 0.15) is 59.8 Å². The Bertz CT molecular complexity index is 203. The number of nitrogens with one attached hydrogen (secondary N) is 1. The average molecular weight is 227 g/mol. The Hall–Kier alpha value is -0.0800. The van der Waals surface area contributed by atoms with Gasteiger partial charge in [0.2, 0.25) is 0 Å². The molecular weight excluding hydrogens is 198 g/mol. The highest BCUT2D eigenvalue weighted by molar-refractivity contribution is 4.86. The number of aliphatic hydroxyl groups excluding tert-OH is 1. The van der Waals surface area contributed by atoms with Crippen LogP contribution in [0.4, 0.5) is 0 Å². The van der Waals surface area contributed by atoms with Crippen molar-refractivity contribution in [3.05, 3.63) is 0 Å². The molecule has 0 radical (unpaired) electrons. The fourth-order valence-electron chi connectivity index (χ4n) is 2.89. The van der Waals surface area contributed by atoms with E-state index in [9.17, 15) is 5.11 Å². The number of aliphatic hydroxyl groups is 1. The lowest BCUT2D eigenvalue weighted by molar-refractivity contribution is 0.133. The molecule has 1 aliphatic carbocycles. The molecule has 3 atom stereocenters. The van der Waals surface area contributed by atoms with Gasteiger partial charge in [-0.1, -0.05) is 27.7 Å². The fraction of sp³-hybridized carbons (Fsp3) is 1.00. The Balaban J connectivity index is 2.23. The van der Waals surface area contributed by atoms with Crippen LogP contribution in [-0.2, 0) is 0 Å². The van der Waals surface area contributed by atoms with Crippen molar-refractivity contribution in [2.75, 3.05) is 6.54 Å². The van der Waals surface area contributed by atoms with Gasteiger partial charge in [-0.25, -0.2) is 0 Å². The first-order valence-corrected chi connectivity index (χ1v) is 6.86. The van der Waals surface area contributed by atoms with E-state index in [2.05, 4.69) is 26.1 Å². The van der Waals surface area contributed by atoms with Crippen molar-refractivity contribution in [3.63, 3.8) is 0 Å². The predicted octanol–water partition coefficient (Wildman–Crippen LogP) is 2.95. The maximum Gasteiger partial charge on any atom is 0.0549 e. The second-order valence-electron chi connectivity index (χ2n) is 6.30. The van der Waals surface area contributed by atoms with E-state index in [0.29, 0.717) is 11.5 Å². The zero-order valence-electron chi connectivity index (χ0n) is 11.4. The van der Waals surface area contributed by atoms with Crippen LogP contribution in [-0.4, -0.2) is 23.8 Å². The van der Waals surface area contributed by atoms with Gasteiger partial charge in [0.05, 0.1) is 6.10 Å². The lowest BCUT2D eigenvalue weighted by atomic mass is 9.70. The summed E-state index contributed by atoms with van der Waals surface area (Å²) in [6.07, 6.45) is 5.57. The lowest BCUT2D eigenvalue weighted by Gasteiger charge is -2.39. The van der Waals surface area contributed by atoms with E-state index in [0.717, 1.165) is 25.3 Å². The molecular formula is C14H29NO. The van der Waals surface area contributed by atoms with Crippen LogP contribution in [0.5, 0.6) is 0 Å². The van der Waals surface area contributed by atoms with E-state index in [1.54, 1.807) is 0 Å². The van der Waals surface area contributed by atoms with Gasteiger partial charge in [0.25, 0.3) is 0 Å². The van der Waals surface area contributed by atoms with E-state index in [1.807, 2.05) is 6.92 Å². The molecule has 0 aliphatic heterocycles. The standard InChI is InChI=1S/C14H29NO/c1-5-12(16)7-9-15-13-6-8-14(3,4)10-11(13)2/h11-13,15-16H,5-10H2,1-4H3. The first kappa shape index (κ1) is 14.0. The van der Waals surface area contributed by atoms with Gasteiger partial charge in [-0.2, -0.15) is 0 Å². The molecule has 2 N–H and O–H groups in total. The summed E-state index contributed by atoms with van der Waals surface area (Å²) in [5.41, 5.74) is 0.528. The zero-order chi connectivity index (χ0) is 12.2. The molecule has 0 saturated heterocycles. The Kier molecular flexibility index (Phi) is 5.26. The lowest BCUT2D eigenvalue weighted by Crippen LogP contribution is -2.42. The van der Waals surface area contributed by atoms with Crippen molar-refractivity contribution in [1.82, 2.24) is 5.32 Å². The van der Waals surface area contributed by atoms with Gasteiger partial charge in [0.1, 0.15) is 0 Å². The minimum absolute atomic E-state index is 0.122. The molecule has 0 spiro atoms. The van der Waals surface area contributed by atoms with Crippen molar-refractivity contribution < 1.29 is 5.11 Å². The van der Waals surface area contributed by atoms with E-state index in [1.165, 1.54) is 19.3 Å². The molecule has 0 heterocycles. The van der Waals surface area contributed by atoms with E-state index >= 15 is 0 Å². The maximum atomic E-state index is 9.50. The molecule has 2 heteroatoms. The molecule has 96 valence electrons. The minimum Gasteiger partial charge on any atom is -0.393 e. The van der Waals surface area contributed by atoms with E-state index in [-0.39, 0.29) is 6.10 Å². The van der Waals surface area contributed by atoms with Gasteiger partial charge in [0.15, 0.2) is 0 Å². The van der Waals surface area contributed by atoms with Crippen LogP contribution >= 0.6 is 0 Å². The van der Waals surface area contributed by atoms with Crippen molar-refractivity contribution in [1.29, 1.82) is 0 Å². The van der Waals surface area contributed by atoms with Gasteiger partial charge in [-0.15, -0.1) is 0 Å². The molecule has 0 aromatic carbocycles. The molecule has 1 fully saturated rings. The Morgan fingerprint density at radius 3 is 2.69 bits per heavy atom. The van der Waals surface area contributed by atoms with Crippen LogP contribution in [0.25, 0.3) is 0 Å². The van der Waals surface area contributed by atoms with Crippen molar-refractivity contribution >= 4 is 0 Å². The molecule has 1 saturated carbocycles. The smallest absolute Gasteiger partial charge is 0.0549 e. The normalized spacial score (nSPS) is 31.3. The Morgan fingerprint density at radius 1 is 1.44 bits per heavy atom. The molecule has 0 aromatic heterocycles. The third-order valence-electron chi connectivity index (χ3n) is 4.05. The molecule has 2 nitrogen and oxygen atoms in total. The zero-order valence-corrected chi connectivity index (χ0v) is 11.4. The van der Waals surface area contributed by atoms with E-state index in [4.69, 9.17) is 0 Å². The molecule has 0 bridgehead atoms. The quantitative estimate of drug-likeness (QED) is 0.757. The van der Waals surface area contributed by atoms with Gasteiger partial charge < -0.3 is 10.4 Å². The van der Waals surface area contributed by atoms with Crippen molar-refractivity contribution in [2.45, 2.75) is 71.9 Å². The van der Waals surface area contributed by atoms with Crippen molar-refractivity contribution in [2.24, 2.45) is 11.3 Å². The topological polar surface area (TPSA) is 32.3 Å². The molecule has 3 unspecified atom stereocenters. The molecule has 0 amide bonds. The first-order chi connectivity index (χ1) is 7.44. The van der Waals surface area contributed by atoms with Gasteiger partial charge in [0, 0.05) is 6.04 Å². The number of hydrogen-bond acceptors (Lipinski definition) is 2. The Morgan fingerprint density at radius 2 is 2.12 bits per heavy atom. The second kappa shape index (κ2) is 6.02. The summed E-state index contributed by atoms with van der Waals surface area (Å²) in [5.74, 6) is 0.766. The van der Waals surface area contributed by atoms with Crippen LogP contribution in [0.15, 0.2) is 0 Å². The summed E-state index contributed by atoms with van der Waals surface area (Å²) < 4.78 is 0. The number of hydrogen-bond donors (Lipinski definition) is 2. The SMILES string of the molecule is CCC(O)CCNC1CCC(C)(C)CC1C. The maximum absolute atomic E-state index is 9.50. The third-order valence-corrected chi connectivity index (χ3v) is 4.05. The van der Waals surface area contributed by atoms with Crippen molar-refractivity contribution in [3.8, 4) is 0 Å². The van der Waals surface area contributed by atoms with Crippen LogP contribution in [0.2, 0.25) is 0 Å². The Labute approximate surface area is 101 Å². The van der Waals surface area contributed by atoms with Crippen LogP contribution in [0, 0.1) is 11.3 Å². The molecule has 0 aromatic rings. The summed E-state index contributed by atoms with van der Waals surface area (Å²) >= 11 is 0. The molecule has 16 heavy (non-hydrogen) atoms. The summed E-state index contributed by atoms with van der Waals surface area (Å²) in [7, 11) is 0. The first-order valence-electron chi connectivity index (χ1n) is 6.86. The second-order valence-corrected chi connectivity index (χ2v) is 6.30. The minimum atomic E-state index is -0.122. The predicted molar refractivity (Wildman–Crippen MR) is 69.5 cm³/mol. The monoisotopic (exact) mass is 227 g/mol. The summed E-state index contributed by atoms with van der Waals surface area (Å²) in [6, 6.07) is 0.664. The van der Waals surface area contributed by atoms with Gasteiger partial charge in [-0.05, 0) is 50.0 Å². The fourth-order valence-corrected chi connectivity index (χ4v) is 2.89. The molecule has 1 aliphatic rings. The summed E-state index contributed by atoms with van der Waals surface area (Å²) in [4.78, 5) is 0. The van der Waals surface area contributed by atoms with Crippen LogP contribution < -0.4 is 5.32 Å². The molecule has 1 rings (SSSR count). The average Bonchev–Trinajstić information content (AvgIpc) is 2.20. The summed E-state index contributed by atoms with van der Waals surface area (Å²) in [5, 5.41) is 13.1. The number of rotatable bonds is 5. The summed E-state index contributed by atoms with van der Waals surface area (Å²) in [6.45, 7) is 10.1.